The average Bonchev–Trinajstić information content (AvgIpc) is 3.28. The molecule has 1 aliphatic heterocycles. The van der Waals surface area contributed by atoms with E-state index in [1.54, 1.807) is 12.1 Å². The summed E-state index contributed by atoms with van der Waals surface area (Å²) in [6.07, 6.45) is -4.16. The normalized spacial score (nSPS) is 20.8. The fraction of sp³-hybridized carbons (Fsp3) is 0.267. The number of benzene rings is 3. The summed E-state index contributed by atoms with van der Waals surface area (Å²) < 4.78 is 18.3. The molecular weight excluding hydrogens is 516 g/mol. The van der Waals surface area contributed by atoms with Crippen molar-refractivity contribution in [2.75, 3.05) is 20.8 Å². The second kappa shape index (κ2) is 11.1. The number of aromatic amines is 1. The van der Waals surface area contributed by atoms with Gasteiger partial charge >= 0.3 is 5.69 Å². The lowest BCUT2D eigenvalue weighted by Gasteiger charge is -2.37. The number of hydrogen-bond acceptors (Lipinski definition) is 8. The lowest BCUT2D eigenvalue weighted by atomic mass is 9.65. The van der Waals surface area contributed by atoms with Gasteiger partial charge in [0.05, 0.1) is 31.8 Å². The monoisotopic (exact) mass is 546 g/mol. The molecule has 0 bridgehead atoms. The highest BCUT2D eigenvalue weighted by Gasteiger charge is 2.47. The van der Waals surface area contributed by atoms with Crippen molar-refractivity contribution in [1.29, 1.82) is 0 Å². The fourth-order valence-corrected chi connectivity index (χ4v) is 5.55. The molecule has 0 saturated carbocycles. The van der Waals surface area contributed by atoms with Crippen molar-refractivity contribution in [3.63, 3.8) is 0 Å². The zero-order valence-electron chi connectivity index (χ0n) is 21.9. The second-order valence-electron chi connectivity index (χ2n) is 9.45. The summed E-state index contributed by atoms with van der Waals surface area (Å²) >= 11 is 0. The van der Waals surface area contributed by atoms with Gasteiger partial charge in [0.15, 0.2) is 6.23 Å². The van der Waals surface area contributed by atoms with E-state index in [-0.39, 0.29) is 5.56 Å². The number of rotatable bonds is 8. The van der Waals surface area contributed by atoms with Crippen LogP contribution in [-0.2, 0) is 10.2 Å². The molecule has 1 saturated heterocycles. The number of hydrogen-bond donors (Lipinski definition) is 4. The first-order valence-electron chi connectivity index (χ1n) is 12.7. The molecule has 208 valence electrons. The smallest absolute Gasteiger partial charge is 0.330 e. The van der Waals surface area contributed by atoms with Gasteiger partial charge in [-0.2, -0.15) is 0 Å². The van der Waals surface area contributed by atoms with E-state index in [2.05, 4.69) is 4.98 Å². The van der Waals surface area contributed by atoms with Crippen molar-refractivity contribution in [2.45, 2.75) is 30.0 Å². The molecule has 40 heavy (non-hydrogen) atoms. The van der Waals surface area contributed by atoms with Gasteiger partial charge in [-0.3, -0.25) is 14.3 Å². The summed E-state index contributed by atoms with van der Waals surface area (Å²) in [5.41, 5.74) is -0.998. The minimum absolute atomic E-state index is 0.102. The summed E-state index contributed by atoms with van der Waals surface area (Å²) in [5.74, 6) is 0.949. The van der Waals surface area contributed by atoms with Crippen LogP contribution in [0.15, 0.2) is 94.6 Å². The van der Waals surface area contributed by atoms with Crippen LogP contribution in [0.3, 0.4) is 0 Å². The van der Waals surface area contributed by atoms with Gasteiger partial charge in [0.25, 0.3) is 5.56 Å². The Morgan fingerprint density at radius 1 is 0.825 bits per heavy atom. The van der Waals surface area contributed by atoms with Gasteiger partial charge in [0.2, 0.25) is 0 Å². The van der Waals surface area contributed by atoms with E-state index >= 15 is 0 Å². The molecule has 1 fully saturated rings. The van der Waals surface area contributed by atoms with Crippen LogP contribution in [0.2, 0.25) is 0 Å². The maximum Gasteiger partial charge on any atom is 0.330 e. The molecule has 0 aliphatic carbocycles. The van der Waals surface area contributed by atoms with Crippen LogP contribution in [-0.4, -0.2) is 64.0 Å². The van der Waals surface area contributed by atoms with Gasteiger partial charge in [0, 0.05) is 17.3 Å². The number of H-pyrrole nitrogens is 1. The highest BCUT2D eigenvalue weighted by atomic mass is 16.6. The molecule has 0 amide bonds. The summed E-state index contributed by atoms with van der Waals surface area (Å²) in [4.78, 5) is 29.4. The maximum absolute atomic E-state index is 13.9. The first-order chi connectivity index (χ1) is 19.4. The summed E-state index contributed by atoms with van der Waals surface area (Å²) in [6.45, 7) is -0.573. The van der Waals surface area contributed by atoms with Gasteiger partial charge in [-0.05, 0) is 17.7 Å². The van der Waals surface area contributed by atoms with Gasteiger partial charge in [-0.25, -0.2) is 4.79 Å². The van der Waals surface area contributed by atoms with Crippen LogP contribution in [0.4, 0.5) is 0 Å². The van der Waals surface area contributed by atoms with E-state index in [4.69, 9.17) is 14.2 Å². The molecule has 1 aromatic heterocycles. The van der Waals surface area contributed by atoms with Crippen molar-refractivity contribution < 1.29 is 29.5 Å². The molecule has 10 nitrogen and oxygen atoms in total. The predicted octanol–water partition coefficient (Wildman–Crippen LogP) is 1.55. The molecular formula is C30H30N2O8. The van der Waals surface area contributed by atoms with E-state index in [1.165, 1.54) is 20.4 Å². The molecule has 5 rings (SSSR count). The number of nitrogens with one attached hydrogen (secondary N) is 1. The third-order valence-electron chi connectivity index (χ3n) is 7.39. The van der Waals surface area contributed by atoms with Gasteiger partial charge in [-0.1, -0.05) is 66.7 Å². The minimum Gasteiger partial charge on any atom is -0.496 e. The molecule has 0 unspecified atom stereocenters. The first kappa shape index (κ1) is 27.4. The number of aliphatic hydroxyl groups is 3. The Balaban J connectivity index is 1.94. The molecule has 4 aromatic rings. The van der Waals surface area contributed by atoms with Crippen molar-refractivity contribution in [3.05, 3.63) is 128 Å². The predicted molar refractivity (Wildman–Crippen MR) is 146 cm³/mol. The first-order valence-corrected chi connectivity index (χ1v) is 12.7. The van der Waals surface area contributed by atoms with Crippen LogP contribution in [0.25, 0.3) is 0 Å². The lowest BCUT2D eigenvalue weighted by molar-refractivity contribution is -0.0551. The van der Waals surface area contributed by atoms with Crippen LogP contribution in [0, 0.1) is 0 Å². The summed E-state index contributed by atoms with van der Waals surface area (Å²) in [7, 11) is 3.06. The number of aliphatic hydroxyl groups excluding tert-OH is 3. The zero-order chi connectivity index (χ0) is 28.4. The highest BCUT2D eigenvalue weighted by Crippen LogP contribution is 2.50. The molecule has 0 radical (unpaired) electrons. The van der Waals surface area contributed by atoms with Crippen molar-refractivity contribution in [1.82, 2.24) is 9.55 Å². The zero-order valence-corrected chi connectivity index (χ0v) is 21.9. The van der Waals surface area contributed by atoms with Crippen LogP contribution >= 0.6 is 0 Å². The molecule has 10 heteroatoms. The SMILES string of the molecule is COc1ccccc1C(c1ccccc1)(c1ccccc1OC)c1cn([C@@H]2O[C@H](CO)[C@@H](O)[C@H]2O)c(=O)[nH]c1=O. The van der Waals surface area contributed by atoms with Crippen LogP contribution < -0.4 is 20.7 Å². The van der Waals surface area contributed by atoms with Crippen molar-refractivity contribution >= 4 is 0 Å². The number of methoxy groups -OCH3 is 2. The second-order valence-corrected chi connectivity index (χ2v) is 9.45. The van der Waals surface area contributed by atoms with Crippen LogP contribution in [0.1, 0.15) is 28.5 Å². The molecule has 3 aromatic carbocycles. The van der Waals surface area contributed by atoms with Crippen molar-refractivity contribution in [3.8, 4) is 11.5 Å². The Kier molecular flexibility index (Phi) is 7.59. The third kappa shape index (κ3) is 4.31. The maximum atomic E-state index is 13.9. The van der Waals surface area contributed by atoms with Gasteiger partial charge in [-0.15, -0.1) is 0 Å². The number of para-hydroxylation sites is 2. The van der Waals surface area contributed by atoms with Gasteiger partial charge < -0.3 is 29.5 Å². The topological polar surface area (TPSA) is 143 Å². The molecule has 0 spiro atoms. The fourth-order valence-electron chi connectivity index (χ4n) is 5.55. The van der Waals surface area contributed by atoms with E-state index < -0.39 is 47.8 Å². The molecule has 4 N–H and O–H groups in total. The Morgan fingerprint density at radius 2 is 1.38 bits per heavy atom. The molecule has 1 aliphatic rings. The Morgan fingerprint density at radius 3 is 1.90 bits per heavy atom. The Hall–Kier alpha value is -4.22. The highest BCUT2D eigenvalue weighted by molar-refractivity contribution is 5.65. The van der Waals surface area contributed by atoms with E-state index in [0.29, 0.717) is 28.2 Å². The average molecular weight is 547 g/mol. The number of aromatic nitrogens is 2. The van der Waals surface area contributed by atoms with E-state index in [9.17, 15) is 24.9 Å². The minimum atomic E-state index is -1.54. The Bertz CT molecular complexity index is 1550. The Labute approximate surface area is 229 Å². The standard InChI is InChI=1S/C30H30N2O8/c1-38-22-14-8-6-12-19(22)30(18-10-4-3-5-11-18,20-13-7-9-15-23(20)39-2)21-16-32(29(37)31-27(21)36)28-26(35)25(34)24(17-33)40-28/h3-16,24-26,28,33-35H,17H2,1-2H3,(H,31,36,37)/t24-,25-,26-,28-/m1/s1. The van der Waals surface area contributed by atoms with Crippen molar-refractivity contribution in [2.24, 2.45) is 0 Å². The summed E-state index contributed by atoms with van der Waals surface area (Å²) in [6, 6.07) is 23.7. The van der Waals surface area contributed by atoms with Crippen LogP contribution in [0.5, 0.6) is 11.5 Å². The van der Waals surface area contributed by atoms with E-state index in [1.807, 2.05) is 66.7 Å². The number of nitrogens with zero attached hydrogens (tertiary/aromatic N) is 1. The summed E-state index contributed by atoms with van der Waals surface area (Å²) in [5, 5.41) is 30.7. The largest absolute Gasteiger partial charge is 0.496 e. The lowest BCUT2D eigenvalue weighted by Crippen LogP contribution is -2.44. The van der Waals surface area contributed by atoms with Gasteiger partial charge in [0.1, 0.15) is 29.8 Å². The van der Waals surface area contributed by atoms with E-state index in [0.717, 1.165) is 4.57 Å². The number of ether oxygens (including phenoxy) is 3. The molecule has 2 heterocycles. The quantitative estimate of drug-likeness (QED) is 0.244. The molecule has 4 atom stereocenters. The third-order valence-corrected chi connectivity index (χ3v) is 7.39.